The van der Waals surface area contributed by atoms with Gasteiger partial charge in [-0.05, 0) is 49.2 Å². The van der Waals surface area contributed by atoms with Gasteiger partial charge >= 0.3 is 0 Å². The van der Waals surface area contributed by atoms with Gasteiger partial charge in [-0.1, -0.05) is 0 Å². The van der Waals surface area contributed by atoms with Gasteiger partial charge < -0.3 is 9.64 Å². The van der Waals surface area contributed by atoms with Gasteiger partial charge in [-0.2, -0.15) is 0 Å². The quantitative estimate of drug-likeness (QED) is 0.800. The second-order valence-corrected chi connectivity index (χ2v) is 8.02. The molecule has 0 spiro atoms. The zero-order valence-electron chi connectivity index (χ0n) is 14.8. The van der Waals surface area contributed by atoms with E-state index in [0.717, 1.165) is 17.1 Å². The standard InChI is InChI=1S/C18H21N3O4S/c1-20(26(23,24)16-7-5-15(25-2)6-8-16)14-9-10-19-17(13-14)18(22)21-11-3-4-12-21/h5-10,13H,3-4,11-12H2,1-2H3. The molecule has 1 aromatic heterocycles. The first-order valence-corrected chi connectivity index (χ1v) is 9.76. The van der Waals surface area contributed by atoms with E-state index in [0.29, 0.717) is 24.5 Å². The number of methoxy groups -OCH3 is 1. The van der Waals surface area contributed by atoms with E-state index in [1.165, 1.54) is 38.6 Å². The fourth-order valence-electron chi connectivity index (χ4n) is 2.86. The van der Waals surface area contributed by atoms with Gasteiger partial charge in [0.25, 0.3) is 15.9 Å². The largest absolute Gasteiger partial charge is 0.497 e. The van der Waals surface area contributed by atoms with Gasteiger partial charge in [-0.15, -0.1) is 0 Å². The zero-order valence-corrected chi connectivity index (χ0v) is 15.6. The predicted octanol–water partition coefficient (Wildman–Crippen LogP) is 2.15. The summed E-state index contributed by atoms with van der Waals surface area (Å²) in [7, 11) is -0.777. The molecule has 1 aliphatic rings. The third-order valence-electron chi connectivity index (χ3n) is 4.44. The first kappa shape index (κ1) is 18.2. The van der Waals surface area contributed by atoms with Crippen LogP contribution < -0.4 is 9.04 Å². The first-order valence-electron chi connectivity index (χ1n) is 8.32. The Morgan fingerprint density at radius 2 is 1.81 bits per heavy atom. The average Bonchev–Trinajstić information content (AvgIpc) is 3.21. The third kappa shape index (κ3) is 3.50. The maximum atomic E-state index is 12.8. The van der Waals surface area contributed by atoms with Crippen molar-refractivity contribution < 1.29 is 17.9 Å². The lowest BCUT2D eigenvalue weighted by molar-refractivity contribution is 0.0787. The van der Waals surface area contributed by atoms with Crippen molar-refractivity contribution in [3.8, 4) is 5.75 Å². The molecule has 0 bridgehead atoms. The van der Waals surface area contributed by atoms with Crippen molar-refractivity contribution in [2.75, 3.05) is 31.6 Å². The number of anilines is 1. The fourth-order valence-corrected chi connectivity index (χ4v) is 4.05. The first-order chi connectivity index (χ1) is 12.4. The van der Waals surface area contributed by atoms with Crippen LogP contribution in [-0.4, -0.2) is 51.5 Å². The number of ether oxygens (including phenoxy) is 1. The number of amides is 1. The normalized spacial score (nSPS) is 14.3. The SMILES string of the molecule is COc1ccc(S(=O)(=O)N(C)c2ccnc(C(=O)N3CCCC3)c2)cc1. The van der Waals surface area contributed by atoms with Crippen LogP contribution in [0.3, 0.4) is 0 Å². The molecule has 0 unspecified atom stereocenters. The molecule has 3 rings (SSSR count). The number of sulfonamides is 1. The highest BCUT2D eigenvalue weighted by atomic mass is 32.2. The maximum absolute atomic E-state index is 12.8. The van der Waals surface area contributed by atoms with E-state index in [1.807, 2.05) is 0 Å². The molecule has 0 atom stereocenters. The van der Waals surface area contributed by atoms with Gasteiger partial charge in [-0.3, -0.25) is 14.1 Å². The molecule has 0 saturated carbocycles. The minimum Gasteiger partial charge on any atom is -0.497 e. The molecule has 0 aliphatic carbocycles. The lowest BCUT2D eigenvalue weighted by atomic mass is 10.3. The van der Waals surface area contributed by atoms with Gasteiger partial charge in [0.15, 0.2) is 0 Å². The number of pyridine rings is 1. The highest BCUT2D eigenvalue weighted by Crippen LogP contribution is 2.24. The molecule has 1 saturated heterocycles. The van der Waals surface area contributed by atoms with Crippen LogP contribution in [0.25, 0.3) is 0 Å². The molecular weight excluding hydrogens is 354 g/mol. The van der Waals surface area contributed by atoms with E-state index in [4.69, 9.17) is 4.74 Å². The van der Waals surface area contributed by atoms with Gasteiger partial charge in [0.05, 0.1) is 17.7 Å². The van der Waals surface area contributed by atoms with E-state index in [9.17, 15) is 13.2 Å². The summed E-state index contributed by atoms with van der Waals surface area (Å²) in [6, 6.07) is 9.25. The Balaban J connectivity index is 1.87. The molecule has 1 fully saturated rings. The van der Waals surface area contributed by atoms with Crippen molar-refractivity contribution in [3.05, 3.63) is 48.3 Å². The van der Waals surface area contributed by atoms with Crippen molar-refractivity contribution >= 4 is 21.6 Å². The molecule has 2 aromatic rings. The van der Waals surface area contributed by atoms with Crippen LogP contribution in [0, 0.1) is 0 Å². The zero-order chi connectivity index (χ0) is 18.7. The van der Waals surface area contributed by atoms with Crippen LogP contribution in [0.15, 0.2) is 47.5 Å². The van der Waals surface area contributed by atoms with Crippen LogP contribution >= 0.6 is 0 Å². The number of hydrogen-bond acceptors (Lipinski definition) is 5. The molecule has 138 valence electrons. The summed E-state index contributed by atoms with van der Waals surface area (Å²) in [5, 5.41) is 0. The van der Waals surface area contributed by atoms with Gasteiger partial charge in [0.1, 0.15) is 11.4 Å². The van der Waals surface area contributed by atoms with Gasteiger partial charge in [0.2, 0.25) is 0 Å². The van der Waals surface area contributed by atoms with E-state index in [1.54, 1.807) is 23.1 Å². The van der Waals surface area contributed by atoms with E-state index >= 15 is 0 Å². The summed E-state index contributed by atoms with van der Waals surface area (Å²) in [4.78, 5) is 18.5. The van der Waals surface area contributed by atoms with Crippen LogP contribution in [0.2, 0.25) is 0 Å². The molecule has 1 aliphatic heterocycles. The van der Waals surface area contributed by atoms with E-state index in [-0.39, 0.29) is 16.5 Å². The fraction of sp³-hybridized carbons (Fsp3) is 0.333. The van der Waals surface area contributed by atoms with Crippen LogP contribution in [-0.2, 0) is 10.0 Å². The molecule has 0 radical (unpaired) electrons. The Morgan fingerprint density at radius 3 is 2.42 bits per heavy atom. The maximum Gasteiger partial charge on any atom is 0.272 e. The number of carbonyl (C=O) groups is 1. The Kier molecular flexibility index (Phi) is 5.13. The van der Waals surface area contributed by atoms with Crippen LogP contribution in [0.5, 0.6) is 5.75 Å². The molecule has 1 aromatic carbocycles. The molecule has 8 heteroatoms. The summed E-state index contributed by atoms with van der Waals surface area (Å²) in [6.45, 7) is 1.43. The number of nitrogens with zero attached hydrogens (tertiary/aromatic N) is 3. The Hall–Kier alpha value is -2.61. The Morgan fingerprint density at radius 1 is 1.15 bits per heavy atom. The summed E-state index contributed by atoms with van der Waals surface area (Å²) in [5.74, 6) is 0.411. The predicted molar refractivity (Wildman–Crippen MR) is 98.0 cm³/mol. The van der Waals surface area contributed by atoms with Crippen molar-refractivity contribution in [1.82, 2.24) is 9.88 Å². The van der Waals surface area contributed by atoms with Crippen molar-refractivity contribution in [1.29, 1.82) is 0 Å². The van der Waals surface area contributed by atoms with Crippen molar-refractivity contribution in [3.63, 3.8) is 0 Å². The summed E-state index contributed by atoms with van der Waals surface area (Å²) in [5.41, 5.74) is 0.638. The van der Waals surface area contributed by atoms with Crippen molar-refractivity contribution in [2.24, 2.45) is 0 Å². The molecule has 2 heterocycles. The van der Waals surface area contributed by atoms with Crippen LogP contribution in [0.1, 0.15) is 23.3 Å². The summed E-state index contributed by atoms with van der Waals surface area (Å²) < 4.78 is 31.9. The van der Waals surface area contributed by atoms with E-state index in [2.05, 4.69) is 4.98 Å². The smallest absolute Gasteiger partial charge is 0.272 e. The number of rotatable bonds is 5. The molecular formula is C18H21N3O4S. The number of carbonyl (C=O) groups excluding carboxylic acids is 1. The molecule has 26 heavy (non-hydrogen) atoms. The second kappa shape index (κ2) is 7.33. The highest BCUT2D eigenvalue weighted by Gasteiger charge is 2.24. The number of likely N-dealkylation sites (tertiary alicyclic amines) is 1. The number of hydrogen-bond donors (Lipinski definition) is 0. The monoisotopic (exact) mass is 375 g/mol. The van der Waals surface area contributed by atoms with Gasteiger partial charge in [0, 0.05) is 26.3 Å². The topological polar surface area (TPSA) is 79.8 Å². The Labute approximate surface area is 153 Å². The van der Waals surface area contributed by atoms with Gasteiger partial charge in [-0.25, -0.2) is 8.42 Å². The lowest BCUT2D eigenvalue weighted by Crippen LogP contribution is -2.30. The minimum absolute atomic E-state index is 0.144. The summed E-state index contributed by atoms with van der Waals surface area (Å²) in [6.07, 6.45) is 3.42. The molecule has 0 N–H and O–H groups in total. The molecule has 7 nitrogen and oxygen atoms in total. The summed E-state index contributed by atoms with van der Waals surface area (Å²) >= 11 is 0. The second-order valence-electron chi connectivity index (χ2n) is 6.05. The number of aromatic nitrogens is 1. The van der Waals surface area contributed by atoms with E-state index < -0.39 is 10.0 Å². The third-order valence-corrected chi connectivity index (χ3v) is 6.24. The lowest BCUT2D eigenvalue weighted by Gasteiger charge is -2.21. The average molecular weight is 375 g/mol. The highest BCUT2D eigenvalue weighted by molar-refractivity contribution is 7.92. The molecule has 1 amide bonds. The van der Waals surface area contributed by atoms with Crippen molar-refractivity contribution in [2.45, 2.75) is 17.7 Å². The van der Waals surface area contributed by atoms with Crippen LogP contribution in [0.4, 0.5) is 5.69 Å². The number of benzene rings is 1. The minimum atomic E-state index is -3.75. The Bertz CT molecular complexity index is 891.